The summed E-state index contributed by atoms with van der Waals surface area (Å²) in [6.07, 6.45) is 9.89. The SMILES string of the molecule is C=C(/C=C\C)CC(=C)N1CCN(c2ccc(-c3cc(OCC(C)(C)O)cn4ncc(C#N)c34)cn2)CC1. The quantitative estimate of drug-likeness (QED) is 0.432. The van der Waals surface area contributed by atoms with Crippen molar-refractivity contribution >= 4 is 11.3 Å². The van der Waals surface area contributed by atoms with Crippen molar-refractivity contribution < 1.29 is 9.84 Å². The highest BCUT2D eigenvalue weighted by molar-refractivity contribution is 5.85. The van der Waals surface area contributed by atoms with Gasteiger partial charge in [-0.3, -0.25) is 0 Å². The van der Waals surface area contributed by atoms with Crippen LogP contribution in [0, 0.1) is 11.3 Å². The van der Waals surface area contributed by atoms with E-state index in [1.165, 1.54) is 0 Å². The van der Waals surface area contributed by atoms with Gasteiger partial charge in [0.25, 0.3) is 0 Å². The van der Waals surface area contributed by atoms with Crippen LogP contribution >= 0.6 is 0 Å². The van der Waals surface area contributed by atoms with Gasteiger partial charge in [0.2, 0.25) is 0 Å². The molecule has 0 aromatic carbocycles. The molecule has 0 aliphatic carbocycles. The van der Waals surface area contributed by atoms with Crippen molar-refractivity contribution in [3.63, 3.8) is 0 Å². The number of nitrogens with zero attached hydrogens (tertiary/aromatic N) is 6. The molecule has 192 valence electrons. The molecule has 8 nitrogen and oxygen atoms in total. The highest BCUT2D eigenvalue weighted by Crippen LogP contribution is 2.32. The lowest BCUT2D eigenvalue weighted by Gasteiger charge is -2.37. The molecular formula is C29H34N6O2. The van der Waals surface area contributed by atoms with Crippen molar-refractivity contribution in [2.45, 2.75) is 32.8 Å². The van der Waals surface area contributed by atoms with E-state index >= 15 is 0 Å². The molecule has 37 heavy (non-hydrogen) atoms. The number of nitriles is 1. The Kier molecular flexibility index (Phi) is 7.65. The fourth-order valence-corrected chi connectivity index (χ4v) is 4.39. The number of rotatable bonds is 9. The second kappa shape index (κ2) is 10.9. The third-order valence-corrected chi connectivity index (χ3v) is 6.24. The summed E-state index contributed by atoms with van der Waals surface area (Å²) in [6, 6.07) is 8.11. The van der Waals surface area contributed by atoms with Gasteiger partial charge in [0.15, 0.2) is 0 Å². The Hall–Kier alpha value is -4.09. The average Bonchev–Trinajstić information content (AvgIpc) is 3.30. The van der Waals surface area contributed by atoms with E-state index in [9.17, 15) is 10.4 Å². The first-order valence-electron chi connectivity index (χ1n) is 12.4. The standard InChI is InChI=1S/C29H34N6O2/c1-6-7-21(2)14-22(3)33-10-12-34(13-11-33)27-9-8-23(17-31-27)26-15-25(37-20-29(4,5)36)19-35-28(26)24(16-30)18-32-35/h6-9,15,17-19,36H,2-3,10-14,20H2,1,4-5H3/b7-6-. The van der Waals surface area contributed by atoms with Gasteiger partial charge in [-0.1, -0.05) is 25.3 Å². The van der Waals surface area contributed by atoms with Crippen LogP contribution < -0.4 is 9.64 Å². The molecule has 0 saturated carbocycles. The van der Waals surface area contributed by atoms with Crippen LogP contribution in [-0.2, 0) is 0 Å². The first kappa shape index (κ1) is 26.0. The van der Waals surface area contributed by atoms with Crippen molar-refractivity contribution in [3.05, 3.63) is 78.9 Å². The minimum atomic E-state index is -0.975. The van der Waals surface area contributed by atoms with E-state index in [2.05, 4.69) is 34.1 Å². The highest BCUT2D eigenvalue weighted by atomic mass is 16.5. The largest absolute Gasteiger partial charge is 0.489 e. The molecular weight excluding hydrogens is 464 g/mol. The lowest BCUT2D eigenvalue weighted by atomic mass is 10.1. The maximum atomic E-state index is 10.1. The maximum Gasteiger partial charge on any atom is 0.138 e. The van der Waals surface area contributed by atoms with Crippen LogP contribution in [0.25, 0.3) is 16.6 Å². The molecule has 1 aliphatic heterocycles. The normalized spacial score (nSPS) is 14.2. The number of fused-ring (bicyclic) bond motifs is 1. The van der Waals surface area contributed by atoms with Gasteiger partial charge in [-0.25, -0.2) is 9.50 Å². The first-order valence-corrected chi connectivity index (χ1v) is 12.4. The molecule has 1 saturated heterocycles. The molecule has 1 N–H and O–H groups in total. The van der Waals surface area contributed by atoms with Crippen molar-refractivity contribution in [1.29, 1.82) is 5.26 Å². The fourth-order valence-electron chi connectivity index (χ4n) is 4.39. The maximum absolute atomic E-state index is 10.1. The highest BCUT2D eigenvalue weighted by Gasteiger charge is 2.20. The summed E-state index contributed by atoms with van der Waals surface area (Å²) in [6.45, 7) is 17.3. The zero-order valence-corrected chi connectivity index (χ0v) is 21.8. The first-order chi connectivity index (χ1) is 17.7. The predicted octanol–water partition coefficient (Wildman–Crippen LogP) is 4.58. The summed E-state index contributed by atoms with van der Waals surface area (Å²) in [4.78, 5) is 9.34. The lowest BCUT2D eigenvalue weighted by molar-refractivity contribution is 0.0283. The Morgan fingerprint density at radius 1 is 1.22 bits per heavy atom. The minimum Gasteiger partial charge on any atom is -0.489 e. The van der Waals surface area contributed by atoms with Gasteiger partial charge in [0.1, 0.15) is 24.2 Å². The van der Waals surface area contributed by atoms with Gasteiger partial charge in [-0.15, -0.1) is 0 Å². The Balaban J connectivity index is 1.51. The Morgan fingerprint density at radius 3 is 2.59 bits per heavy atom. The van der Waals surface area contributed by atoms with Gasteiger partial charge in [0, 0.05) is 55.6 Å². The molecule has 8 heteroatoms. The molecule has 0 unspecified atom stereocenters. The summed E-state index contributed by atoms with van der Waals surface area (Å²) >= 11 is 0. The van der Waals surface area contributed by atoms with Crippen molar-refractivity contribution in [2.75, 3.05) is 37.7 Å². The summed E-state index contributed by atoms with van der Waals surface area (Å²) in [7, 11) is 0. The molecule has 3 aromatic rings. The van der Waals surface area contributed by atoms with Gasteiger partial charge >= 0.3 is 0 Å². The zero-order valence-electron chi connectivity index (χ0n) is 21.8. The fraction of sp³-hybridized carbons (Fsp3) is 0.345. The van der Waals surface area contributed by atoms with Crippen LogP contribution in [0.15, 0.2) is 73.4 Å². The third-order valence-electron chi connectivity index (χ3n) is 6.24. The molecule has 0 atom stereocenters. The Labute approximate surface area is 218 Å². The van der Waals surface area contributed by atoms with Crippen molar-refractivity contribution in [3.8, 4) is 22.9 Å². The van der Waals surface area contributed by atoms with Crippen LogP contribution in [0.4, 0.5) is 5.82 Å². The number of anilines is 1. The Bertz CT molecular complexity index is 1350. The number of aromatic nitrogens is 3. The minimum absolute atomic E-state index is 0.128. The molecule has 1 fully saturated rings. The van der Waals surface area contributed by atoms with Crippen molar-refractivity contribution in [1.82, 2.24) is 19.5 Å². The number of ether oxygens (including phenoxy) is 1. The van der Waals surface area contributed by atoms with Gasteiger partial charge in [-0.05, 0) is 44.5 Å². The van der Waals surface area contributed by atoms with Crippen LogP contribution in [0.2, 0.25) is 0 Å². The molecule has 0 amide bonds. The summed E-state index contributed by atoms with van der Waals surface area (Å²) in [5.41, 5.74) is 4.00. The second-order valence-electron chi connectivity index (χ2n) is 9.93. The van der Waals surface area contributed by atoms with E-state index in [1.807, 2.05) is 43.5 Å². The number of hydrogen-bond donors (Lipinski definition) is 1. The van der Waals surface area contributed by atoms with Crippen LogP contribution in [-0.4, -0.2) is 63.0 Å². The van der Waals surface area contributed by atoms with Crippen LogP contribution in [0.1, 0.15) is 32.8 Å². The number of allylic oxidation sites excluding steroid dienone is 3. The smallest absolute Gasteiger partial charge is 0.138 e. The van der Waals surface area contributed by atoms with E-state index in [4.69, 9.17) is 9.72 Å². The molecule has 1 aliphatic rings. The Morgan fingerprint density at radius 2 is 1.97 bits per heavy atom. The van der Waals surface area contributed by atoms with Gasteiger partial charge < -0.3 is 19.6 Å². The van der Waals surface area contributed by atoms with E-state index < -0.39 is 5.60 Å². The molecule has 4 rings (SSSR count). The monoisotopic (exact) mass is 498 g/mol. The van der Waals surface area contributed by atoms with Crippen LogP contribution in [0.3, 0.4) is 0 Å². The number of aliphatic hydroxyl groups is 1. The molecule has 0 spiro atoms. The van der Waals surface area contributed by atoms with Crippen molar-refractivity contribution in [2.24, 2.45) is 0 Å². The lowest BCUT2D eigenvalue weighted by Crippen LogP contribution is -2.46. The average molecular weight is 499 g/mol. The number of piperazine rings is 1. The van der Waals surface area contributed by atoms with Gasteiger partial charge in [-0.2, -0.15) is 10.4 Å². The molecule has 0 bridgehead atoms. The summed E-state index contributed by atoms with van der Waals surface area (Å²) in [5.74, 6) is 1.46. The third kappa shape index (κ3) is 6.19. The van der Waals surface area contributed by atoms with E-state index in [0.717, 1.165) is 60.8 Å². The molecule has 3 aromatic heterocycles. The molecule has 0 radical (unpaired) electrons. The topological polar surface area (TPSA) is 89.9 Å². The zero-order chi connectivity index (χ0) is 26.6. The van der Waals surface area contributed by atoms with E-state index in [0.29, 0.717) is 16.8 Å². The second-order valence-corrected chi connectivity index (χ2v) is 9.93. The molecule has 4 heterocycles. The van der Waals surface area contributed by atoms with Gasteiger partial charge in [0.05, 0.1) is 29.1 Å². The van der Waals surface area contributed by atoms with E-state index in [-0.39, 0.29) is 6.61 Å². The summed E-state index contributed by atoms with van der Waals surface area (Å²) in [5, 5.41) is 24.0. The summed E-state index contributed by atoms with van der Waals surface area (Å²) < 4.78 is 7.46. The number of pyridine rings is 2. The number of hydrogen-bond acceptors (Lipinski definition) is 7. The van der Waals surface area contributed by atoms with E-state index in [1.54, 1.807) is 30.8 Å². The predicted molar refractivity (Wildman–Crippen MR) is 146 cm³/mol. The van der Waals surface area contributed by atoms with Crippen LogP contribution in [0.5, 0.6) is 5.75 Å².